The molecule has 1 aromatic heterocycles. The number of fused-ring (bicyclic) bond motifs is 1. The van der Waals surface area contributed by atoms with Crippen LogP contribution < -0.4 is 15.8 Å². The number of benzene rings is 2. The second-order valence-corrected chi connectivity index (χ2v) is 8.64. The summed E-state index contributed by atoms with van der Waals surface area (Å²) in [5.41, 5.74) is 11.5. The number of hydrogen-bond donors (Lipinski definition) is 2. The van der Waals surface area contributed by atoms with Gasteiger partial charge in [0, 0.05) is 18.7 Å². The van der Waals surface area contributed by atoms with Crippen LogP contribution in [0.5, 0.6) is 5.75 Å². The third kappa shape index (κ3) is 3.98. The third-order valence-electron chi connectivity index (χ3n) is 5.04. The Hall–Kier alpha value is -2.86. The van der Waals surface area contributed by atoms with Crippen LogP contribution in [-0.2, 0) is 11.2 Å². The van der Waals surface area contributed by atoms with E-state index < -0.39 is 0 Å². The lowest BCUT2D eigenvalue weighted by Gasteiger charge is -2.13. The van der Waals surface area contributed by atoms with Crippen molar-refractivity contribution in [1.82, 2.24) is 10.3 Å². The van der Waals surface area contributed by atoms with E-state index >= 15 is 0 Å². The molecule has 1 atom stereocenters. The minimum atomic E-state index is 0.0100. The highest BCUT2D eigenvalue weighted by Crippen LogP contribution is 2.41. The largest absolute Gasteiger partial charge is 0.489 e. The minimum absolute atomic E-state index is 0.0100. The van der Waals surface area contributed by atoms with E-state index in [0.717, 1.165) is 28.3 Å². The quantitative estimate of drug-likeness (QED) is 0.586. The number of carbonyl (C=O) groups is 1. The van der Waals surface area contributed by atoms with Gasteiger partial charge in [0.05, 0.1) is 22.7 Å². The molecule has 0 unspecified atom stereocenters. The second-order valence-electron chi connectivity index (χ2n) is 7.61. The molecular weight excluding hydrogens is 382 g/mol. The summed E-state index contributed by atoms with van der Waals surface area (Å²) in [5.74, 6) is 0.709. The van der Waals surface area contributed by atoms with Gasteiger partial charge in [-0.2, -0.15) is 0 Å². The smallest absolute Gasteiger partial charge is 0.217 e. The molecule has 3 aromatic rings. The Morgan fingerprint density at radius 3 is 2.86 bits per heavy atom. The molecule has 3 N–H and O–H groups in total. The van der Waals surface area contributed by atoms with Crippen molar-refractivity contribution in [2.45, 2.75) is 45.8 Å². The van der Waals surface area contributed by atoms with E-state index in [-0.39, 0.29) is 18.1 Å². The summed E-state index contributed by atoms with van der Waals surface area (Å²) in [5, 5.41) is 3.98. The lowest BCUT2D eigenvalue weighted by Crippen LogP contribution is -2.24. The van der Waals surface area contributed by atoms with Gasteiger partial charge in [-0.3, -0.25) is 4.79 Å². The SMILES string of the molecule is CC(=O)N[C@H]1CCc2c(-c3cnc(-c4ccc(OC(C)C)c(N)c4)s3)cccc21. The van der Waals surface area contributed by atoms with Crippen molar-refractivity contribution in [3.63, 3.8) is 0 Å². The summed E-state index contributed by atoms with van der Waals surface area (Å²) in [6, 6.07) is 12.2. The number of nitrogens with zero attached hydrogens (tertiary/aromatic N) is 1. The van der Waals surface area contributed by atoms with Crippen molar-refractivity contribution in [1.29, 1.82) is 0 Å². The highest BCUT2D eigenvalue weighted by Gasteiger charge is 2.26. The summed E-state index contributed by atoms with van der Waals surface area (Å²) in [6.07, 6.45) is 3.90. The number of nitrogen functional groups attached to an aromatic ring is 1. The average Bonchev–Trinajstić information content (AvgIpc) is 3.30. The molecule has 0 saturated carbocycles. The Kier molecular flexibility index (Phi) is 5.28. The van der Waals surface area contributed by atoms with Crippen LogP contribution in [0.25, 0.3) is 21.0 Å². The van der Waals surface area contributed by atoms with Gasteiger partial charge in [-0.1, -0.05) is 18.2 Å². The Morgan fingerprint density at radius 2 is 2.14 bits per heavy atom. The number of carbonyl (C=O) groups excluding carboxylic acids is 1. The molecule has 0 spiro atoms. The second kappa shape index (κ2) is 7.87. The maximum Gasteiger partial charge on any atom is 0.217 e. The first-order chi connectivity index (χ1) is 13.9. The van der Waals surface area contributed by atoms with Gasteiger partial charge in [-0.05, 0) is 61.6 Å². The number of amides is 1. The fraction of sp³-hybridized carbons (Fsp3) is 0.304. The zero-order valence-electron chi connectivity index (χ0n) is 16.9. The molecule has 1 aliphatic rings. The normalized spacial score (nSPS) is 15.4. The molecule has 0 bridgehead atoms. The number of anilines is 1. The Balaban J connectivity index is 1.63. The van der Waals surface area contributed by atoms with Crippen molar-refractivity contribution in [3.05, 3.63) is 53.7 Å². The molecule has 150 valence electrons. The van der Waals surface area contributed by atoms with E-state index in [1.807, 2.05) is 38.2 Å². The van der Waals surface area contributed by atoms with Gasteiger partial charge in [-0.15, -0.1) is 11.3 Å². The fourth-order valence-corrected chi connectivity index (χ4v) is 4.82. The van der Waals surface area contributed by atoms with Gasteiger partial charge in [0.25, 0.3) is 0 Å². The molecule has 1 aliphatic carbocycles. The predicted molar refractivity (Wildman–Crippen MR) is 118 cm³/mol. The minimum Gasteiger partial charge on any atom is -0.489 e. The fourth-order valence-electron chi connectivity index (χ4n) is 3.86. The number of hydrogen-bond acceptors (Lipinski definition) is 5. The summed E-state index contributed by atoms with van der Waals surface area (Å²) < 4.78 is 5.73. The van der Waals surface area contributed by atoms with Gasteiger partial charge in [0.1, 0.15) is 10.8 Å². The molecule has 2 aromatic carbocycles. The first-order valence-electron chi connectivity index (χ1n) is 9.84. The van der Waals surface area contributed by atoms with Crippen LogP contribution in [0.15, 0.2) is 42.6 Å². The van der Waals surface area contributed by atoms with E-state index in [2.05, 4.69) is 28.5 Å². The lowest BCUT2D eigenvalue weighted by atomic mass is 10.0. The number of ether oxygens (including phenoxy) is 1. The standard InChI is InChI=1S/C23H25N3O2S/c1-13(2)28-21-10-7-15(11-19(21)24)23-25-12-22(29-23)18-6-4-5-17-16(18)8-9-20(17)26-14(3)27/h4-7,10-13,20H,8-9,24H2,1-3H3,(H,26,27)/t20-/m0/s1. The number of aromatic nitrogens is 1. The monoisotopic (exact) mass is 407 g/mol. The van der Waals surface area contributed by atoms with Gasteiger partial charge >= 0.3 is 0 Å². The van der Waals surface area contributed by atoms with Crippen molar-refractivity contribution < 1.29 is 9.53 Å². The number of nitrogens with one attached hydrogen (secondary N) is 1. The van der Waals surface area contributed by atoms with Gasteiger partial charge in [0.15, 0.2) is 0 Å². The molecule has 4 rings (SSSR count). The van der Waals surface area contributed by atoms with Gasteiger partial charge in [-0.25, -0.2) is 4.98 Å². The molecule has 0 saturated heterocycles. The zero-order chi connectivity index (χ0) is 20.5. The molecular formula is C23H25N3O2S. The molecule has 0 radical (unpaired) electrons. The summed E-state index contributed by atoms with van der Waals surface area (Å²) in [6.45, 7) is 5.53. The van der Waals surface area contributed by atoms with E-state index in [4.69, 9.17) is 10.5 Å². The topological polar surface area (TPSA) is 77.2 Å². The highest BCUT2D eigenvalue weighted by atomic mass is 32.1. The predicted octanol–water partition coefficient (Wildman–Crippen LogP) is 4.97. The van der Waals surface area contributed by atoms with E-state index in [1.54, 1.807) is 18.3 Å². The van der Waals surface area contributed by atoms with Gasteiger partial charge < -0.3 is 15.8 Å². The van der Waals surface area contributed by atoms with Crippen molar-refractivity contribution >= 4 is 22.9 Å². The van der Waals surface area contributed by atoms with Crippen molar-refractivity contribution in [3.8, 4) is 26.8 Å². The van der Waals surface area contributed by atoms with E-state index in [1.165, 1.54) is 16.7 Å². The molecule has 6 heteroatoms. The van der Waals surface area contributed by atoms with Crippen molar-refractivity contribution in [2.75, 3.05) is 5.73 Å². The molecule has 1 heterocycles. The molecule has 29 heavy (non-hydrogen) atoms. The van der Waals surface area contributed by atoms with Crippen LogP contribution in [0.3, 0.4) is 0 Å². The van der Waals surface area contributed by atoms with Crippen LogP contribution in [0.1, 0.15) is 44.4 Å². The molecule has 5 nitrogen and oxygen atoms in total. The van der Waals surface area contributed by atoms with Crippen LogP contribution >= 0.6 is 11.3 Å². The first-order valence-corrected chi connectivity index (χ1v) is 10.7. The van der Waals surface area contributed by atoms with E-state index in [9.17, 15) is 4.79 Å². The van der Waals surface area contributed by atoms with Crippen LogP contribution in [0.4, 0.5) is 5.69 Å². The first kappa shape index (κ1) is 19.5. The zero-order valence-corrected chi connectivity index (χ0v) is 17.7. The summed E-state index contributed by atoms with van der Waals surface area (Å²) in [7, 11) is 0. The number of nitrogens with two attached hydrogens (primary N) is 1. The van der Waals surface area contributed by atoms with Crippen LogP contribution in [0.2, 0.25) is 0 Å². The lowest BCUT2D eigenvalue weighted by molar-refractivity contribution is -0.119. The number of thiazole rings is 1. The van der Waals surface area contributed by atoms with Crippen LogP contribution in [-0.4, -0.2) is 17.0 Å². The maximum atomic E-state index is 11.5. The Morgan fingerprint density at radius 1 is 1.31 bits per heavy atom. The molecule has 0 aliphatic heterocycles. The summed E-state index contributed by atoms with van der Waals surface area (Å²) >= 11 is 1.65. The number of rotatable bonds is 5. The molecule has 0 fully saturated rings. The van der Waals surface area contributed by atoms with Gasteiger partial charge in [0.2, 0.25) is 5.91 Å². The van der Waals surface area contributed by atoms with Crippen molar-refractivity contribution in [2.24, 2.45) is 0 Å². The third-order valence-corrected chi connectivity index (χ3v) is 6.12. The van der Waals surface area contributed by atoms with E-state index in [0.29, 0.717) is 11.4 Å². The highest BCUT2D eigenvalue weighted by molar-refractivity contribution is 7.18. The average molecular weight is 408 g/mol. The van der Waals surface area contributed by atoms with Crippen LogP contribution in [0, 0.1) is 0 Å². The Bertz CT molecular complexity index is 1060. The summed E-state index contributed by atoms with van der Waals surface area (Å²) in [4.78, 5) is 17.3. The molecule has 1 amide bonds. The maximum absolute atomic E-state index is 11.5. The Labute approximate surface area is 174 Å².